The number of sulfonamides is 1. The van der Waals surface area contributed by atoms with E-state index < -0.39 is 15.9 Å². The van der Waals surface area contributed by atoms with Crippen LogP contribution in [0.4, 0.5) is 5.69 Å². The van der Waals surface area contributed by atoms with Crippen LogP contribution in [0.2, 0.25) is 0 Å². The van der Waals surface area contributed by atoms with Crippen molar-refractivity contribution in [3.8, 4) is 11.4 Å². The van der Waals surface area contributed by atoms with Gasteiger partial charge >= 0.3 is 0 Å². The SMILES string of the molecule is CCc1nc(-c2csc(S(=O)(=O)N3CCC[C@@H](C(=O)Nc4c(C)cccc4CC)C3)c2)no1. The third-order valence-electron chi connectivity index (χ3n) is 5.94. The molecule has 176 valence electrons. The van der Waals surface area contributed by atoms with Crippen LogP contribution < -0.4 is 5.32 Å². The first-order valence-electron chi connectivity index (χ1n) is 11.1. The Morgan fingerprint density at radius 2 is 2.12 bits per heavy atom. The molecule has 3 heterocycles. The summed E-state index contributed by atoms with van der Waals surface area (Å²) in [7, 11) is -3.72. The summed E-state index contributed by atoms with van der Waals surface area (Å²) in [6.07, 6.45) is 2.71. The average Bonchev–Trinajstić information content (AvgIpc) is 3.50. The van der Waals surface area contributed by atoms with E-state index >= 15 is 0 Å². The van der Waals surface area contributed by atoms with Crippen LogP contribution in [-0.4, -0.2) is 41.9 Å². The summed E-state index contributed by atoms with van der Waals surface area (Å²) in [5, 5.41) is 8.70. The van der Waals surface area contributed by atoms with E-state index in [1.54, 1.807) is 11.4 Å². The van der Waals surface area contributed by atoms with E-state index in [9.17, 15) is 13.2 Å². The van der Waals surface area contributed by atoms with Gasteiger partial charge in [-0.15, -0.1) is 11.3 Å². The Kier molecular flexibility index (Phi) is 6.96. The Hall–Kier alpha value is -2.56. The molecule has 0 spiro atoms. The zero-order valence-electron chi connectivity index (χ0n) is 19.0. The fourth-order valence-corrected chi connectivity index (χ4v) is 6.85. The van der Waals surface area contributed by atoms with Crippen molar-refractivity contribution in [2.45, 2.75) is 50.7 Å². The van der Waals surface area contributed by atoms with E-state index in [0.29, 0.717) is 43.1 Å². The largest absolute Gasteiger partial charge is 0.339 e. The number of nitrogens with zero attached hydrogens (tertiary/aromatic N) is 3. The highest BCUT2D eigenvalue weighted by Gasteiger charge is 2.34. The van der Waals surface area contributed by atoms with Crippen LogP contribution in [0.15, 0.2) is 38.4 Å². The first kappa shape index (κ1) is 23.6. The second kappa shape index (κ2) is 9.74. The summed E-state index contributed by atoms with van der Waals surface area (Å²) < 4.78 is 33.4. The second-order valence-corrected chi connectivity index (χ2v) is 11.2. The molecule has 8 nitrogen and oxygen atoms in total. The van der Waals surface area contributed by atoms with Crippen molar-refractivity contribution in [2.75, 3.05) is 18.4 Å². The summed E-state index contributed by atoms with van der Waals surface area (Å²) in [6, 6.07) is 7.52. The summed E-state index contributed by atoms with van der Waals surface area (Å²) in [5.74, 6) is 0.349. The van der Waals surface area contributed by atoms with Crippen molar-refractivity contribution in [3.63, 3.8) is 0 Å². The number of benzene rings is 1. The number of carbonyl (C=O) groups excluding carboxylic acids is 1. The molecule has 1 aromatic carbocycles. The zero-order chi connectivity index (χ0) is 23.6. The molecule has 3 aromatic rings. The van der Waals surface area contributed by atoms with Gasteiger partial charge in [0.25, 0.3) is 10.0 Å². The van der Waals surface area contributed by atoms with Crippen LogP contribution in [0.3, 0.4) is 0 Å². The van der Waals surface area contributed by atoms with Crippen LogP contribution in [0.1, 0.15) is 43.7 Å². The Labute approximate surface area is 198 Å². The monoisotopic (exact) mass is 488 g/mol. The maximum atomic E-state index is 13.3. The van der Waals surface area contributed by atoms with Gasteiger partial charge in [-0.2, -0.15) is 9.29 Å². The lowest BCUT2D eigenvalue weighted by atomic mass is 9.98. The topological polar surface area (TPSA) is 105 Å². The van der Waals surface area contributed by atoms with Crippen molar-refractivity contribution in [1.82, 2.24) is 14.4 Å². The number of carbonyl (C=O) groups is 1. The molecule has 1 fully saturated rings. The van der Waals surface area contributed by atoms with Crippen molar-refractivity contribution >= 4 is 33.0 Å². The first-order chi connectivity index (χ1) is 15.8. The van der Waals surface area contributed by atoms with E-state index in [1.165, 1.54) is 4.31 Å². The maximum Gasteiger partial charge on any atom is 0.252 e. The number of amides is 1. The fraction of sp³-hybridized carbons (Fsp3) is 0.435. The maximum absolute atomic E-state index is 13.3. The minimum Gasteiger partial charge on any atom is -0.339 e. The predicted octanol–water partition coefficient (Wildman–Crippen LogP) is 4.27. The van der Waals surface area contributed by atoms with Gasteiger partial charge in [-0.1, -0.05) is 37.2 Å². The molecule has 0 unspecified atom stereocenters. The molecule has 1 atom stereocenters. The first-order valence-corrected chi connectivity index (χ1v) is 13.5. The van der Waals surface area contributed by atoms with Gasteiger partial charge in [0, 0.05) is 36.1 Å². The van der Waals surface area contributed by atoms with E-state index in [-0.39, 0.29) is 16.7 Å². The molecule has 1 aliphatic rings. The molecule has 1 aliphatic heterocycles. The van der Waals surface area contributed by atoms with Crippen LogP contribution in [0.25, 0.3) is 11.4 Å². The van der Waals surface area contributed by atoms with E-state index in [0.717, 1.165) is 34.6 Å². The molecular formula is C23H28N4O4S2. The van der Waals surface area contributed by atoms with E-state index in [1.807, 2.05) is 39.0 Å². The van der Waals surface area contributed by atoms with Crippen molar-refractivity contribution in [2.24, 2.45) is 5.92 Å². The lowest BCUT2D eigenvalue weighted by Crippen LogP contribution is -2.43. The number of aromatic nitrogens is 2. The fourth-order valence-electron chi connectivity index (χ4n) is 4.01. The van der Waals surface area contributed by atoms with Gasteiger partial charge in [-0.25, -0.2) is 8.42 Å². The minimum absolute atomic E-state index is 0.135. The van der Waals surface area contributed by atoms with Crippen molar-refractivity contribution < 1.29 is 17.7 Å². The smallest absolute Gasteiger partial charge is 0.252 e. The Morgan fingerprint density at radius 1 is 1.30 bits per heavy atom. The molecule has 1 amide bonds. The summed E-state index contributed by atoms with van der Waals surface area (Å²) in [5.41, 5.74) is 3.52. The average molecular weight is 489 g/mol. The number of anilines is 1. The molecule has 0 radical (unpaired) electrons. The standard InChI is InChI=1S/C23H28N4O4S2/c1-4-16-9-6-8-15(3)21(16)25-23(28)17-10-7-11-27(13-17)33(29,30)20-12-18(14-32-20)22-24-19(5-2)31-26-22/h6,8-9,12,14,17H,4-5,7,10-11,13H2,1-3H3,(H,25,28)/t17-/m1/s1. The van der Waals surface area contributed by atoms with Crippen LogP contribution in [-0.2, 0) is 27.7 Å². The third-order valence-corrected chi connectivity index (χ3v) is 9.22. The molecule has 0 bridgehead atoms. The van der Waals surface area contributed by atoms with Gasteiger partial charge in [0.15, 0.2) is 0 Å². The van der Waals surface area contributed by atoms with Crippen molar-refractivity contribution in [3.05, 3.63) is 46.7 Å². The van der Waals surface area contributed by atoms with Crippen LogP contribution >= 0.6 is 11.3 Å². The highest BCUT2D eigenvalue weighted by molar-refractivity contribution is 7.91. The van der Waals surface area contributed by atoms with Gasteiger partial charge in [-0.3, -0.25) is 4.79 Å². The zero-order valence-corrected chi connectivity index (χ0v) is 20.6. The van der Waals surface area contributed by atoms with Crippen molar-refractivity contribution in [1.29, 1.82) is 0 Å². The Morgan fingerprint density at radius 3 is 2.85 bits per heavy atom. The molecule has 2 aromatic heterocycles. The number of thiophene rings is 1. The quantitative estimate of drug-likeness (QED) is 0.532. The summed E-state index contributed by atoms with van der Waals surface area (Å²) in [6.45, 7) is 6.48. The van der Waals surface area contributed by atoms with Crippen LogP contribution in [0.5, 0.6) is 0 Å². The second-order valence-electron chi connectivity index (χ2n) is 8.17. The number of hydrogen-bond acceptors (Lipinski definition) is 7. The normalized spacial score (nSPS) is 17.2. The molecule has 4 rings (SSSR count). The summed E-state index contributed by atoms with van der Waals surface area (Å²) >= 11 is 1.13. The van der Waals surface area contributed by atoms with Gasteiger partial charge in [0.05, 0.1) is 5.92 Å². The van der Waals surface area contributed by atoms with Gasteiger partial charge < -0.3 is 9.84 Å². The molecule has 33 heavy (non-hydrogen) atoms. The number of nitrogens with one attached hydrogen (secondary N) is 1. The number of para-hydroxylation sites is 1. The Balaban J connectivity index is 1.49. The highest BCUT2D eigenvalue weighted by Crippen LogP contribution is 2.32. The molecule has 1 saturated heterocycles. The van der Waals surface area contributed by atoms with Crippen LogP contribution in [0, 0.1) is 12.8 Å². The molecule has 10 heteroatoms. The van der Waals surface area contributed by atoms with Gasteiger partial charge in [0.2, 0.25) is 17.6 Å². The van der Waals surface area contributed by atoms with Gasteiger partial charge in [0.1, 0.15) is 4.21 Å². The lowest BCUT2D eigenvalue weighted by Gasteiger charge is -2.31. The minimum atomic E-state index is -3.72. The molecular weight excluding hydrogens is 460 g/mol. The number of piperidine rings is 1. The molecule has 0 saturated carbocycles. The Bertz CT molecular complexity index is 1250. The third kappa shape index (κ3) is 4.87. The number of hydrogen-bond donors (Lipinski definition) is 1. The van der Waals surface area contributed by atoms with E-state index in [4.69, 9.17) is 4.52 Å². The molecule has 1 N–H and O–H groups in total. The molecule has 0 aliphatic carbocycles. The predicted molar refractivity (Wildman–Crippen MR) is 128 cm³/mol. The van der Waals surface area contributed by atoms with E-state index in [2.05, 4.69) is 15.5 Å². The van der Waals surface area contributed by atoms with Gasteiger partial charge in [-0.05, 0) is 43.4 Å². The number of rotatable bonds is 7. The highest BCUT2D eigenvalue weighted by atomic mass is 32.2. The number of aryl methyl sites for hydroxylation is 3. The lowest BCUT2D eigenvalue weighted by molar-refractivity contribution is -0.120. The summed E-state index contributed by atoms with van der Waals surface area (Å²) in [4.78, 5) is 17.3.